The molecule has 0 saturated heterocycles. The summed E-state index contributed by atoms with van der Waals surface area (Å²) in [6.45, 7) is 3.07. The van der Waals surface area contributed by atoms with Gasteiger partial charge in [-0.25, -0.2) is 9.98 Å². The number of amides is 2. The third kappa shape index (κ3) is 11.8. The summed E-state index contributed by atoms with van der Waals surface area (Å²) in [5, 5.41) is 3.70. The van der Waals surface area contributed by atoms with E-state index in [1.54, 1.807) is 23.9 Å². The van der Waals surface area contributed by atoms with Crippen LogP contribution in [0.15, 0.2) is 40.3 Å². The molecule has 6 aliphatic rings. The topological polar surface area (TPSA) is 139 Å². The molecule has 7 rings (SSSR count). The third-order valence-electron chi connectivity index (χ3n) is 14.9. The van der Waals surface area contributed by atoms with Crippen LogP contribution in [0.3, 0.4) is 0 Å². The second-order valence-electron chi connectivity index (χ2n) is 19.3. The first-order chi connectivity index (χ1) is 28.1. The lowest BCUT2D eigenvalue weighted by Gasteiger charge is -2.36. The van der Waals surface area contributed by atoms with Crippen LogP contribution < -0.4 is 16.8 Å². The lowest BCUT2D eigenvalue weighted by molar-refractivity contribution is -0.132. The molecule has 1 aromatic carbocycles. The summed E-state index contributed by atoms with van der Waals surface area (Å²) in [6.07, 6.45) is 31.0. The highest BCUT2D eigenvalue weighted by Crippen LogP contribution is 2.43. The van der Waals surface area contributed by atoms with Crippen molar-refractivity contribution in [1.29, 1.82) is 0 Å². The Labute approximate surface area is 351 Å². The number of carbonyl (C=O) groups excluding carboxylic acids is 2. The molecule has 5 N–H and O–H groups in total. The maximum absolute atomic E-state index is 13.3. The predicted octanol–water partition coefficient (Wildman–Crippen LogP) is 9.57. The molecule has 324 valence electrons. The molecule has 58 heavy (non-hydrogen) atoms. The molecule has 4 aliphatic carbocycles. The molecule has 2 heterocycles. The molecule has 0 aromatic heterocycles. The van der Waals surface area contributed by atoms with E-state index in [9.17, 15) is 9.59 Å². The normalized spacial score (nSPS) is 31.2. The van der Waals surface area contributed by atoms with Gasteiger partial charge in [0.15, 0.2) is 11.9 Å². The van der Waals surface area contributed by atoms with Gasteiger partial charge in [0.1, 0.15) is 11.1 Å². The van der Waals surface area contributed by atoms with Gasteiger partial charge < -0.3 is 21.5 Å². The van der Waals surface area contributed by atoms with E-state index in [4.69, 9.17) is 26.2 Å². The first kappa shape index (κ1) is 44.4. The molecule has 4 saturated carbocycles. The second kappa shape index (κ2) is 21.4. The second-order valence-corrected chi connectivity index (χ2v) is 19.3. The van der Waals surface area contributed by atoms with Crippen molar-refractivity contribution in [3.05, 3.63) is 30.3 Å². The average molecular weight is 802 g/mol. The van der Waals surface area contributed by atoms with Crippen molar-refractivity contribution in [2.24, 2.45) is 45.1 Å². The van der Waals surface area contributed by atoms with E-state index in [1.165, 1.54) is 108 Å². The summed E-state index contributed by atoms with van der Waals surface area (Å²) in [4.78, 5) is 39.2. The number of ether oxygens (including phenoxy) is 1. The number of nitrogens with two attached hydrogens (primary N) is 2. The Morgan fingerprint density at radius 2 is 1.17 bits per heavy atom. The van der Waals surface area contributed by atoms with Gasteiger partial charge in [-0.3, -0.25) is 19.4 Å². The largest absolute Gasteiger partial charge is 0.382 e. The number of para-hydroxylation sites is 1. The predicted molar refractivity (Wildman–Crippen MR) is 238 cm³/mol. The minimum absolute atomic E-state index is 0.119. The number of likely N-dealkylation sites (N-methyl/N-ethyl adjacent to an activating group) is 2. The van der Waals surface area contributed by atoms with Crippen LogP contribution in [0.5, 0.6) is 0 Å². The maximum Gasteiger partial charge on any atom is 0.257 e. The fourth-order valence-electron chi connectivity index (χ4n) is 11.5. The number of rotatable bonds is 16. The van der Waals surface area contributed by atoms with E-state index in [2.05, 4.69) is 42.6 Å². The Bertz CT molecular complexity index is 1510. The van der Waals surface area contributed by atoms with Crippen LogP contribution in [0.25, 0.3) is 0 Å². The zero-order chi connectivity index (χ0) is 41.0. The highest BCUT2D eigenvalue weighted by atomic mass is 16.5. The van der Waals surface area contributed by atoms with Crippen LogP contribution in [0.4, 0.5) is 5.69 Å². The monoisotopic (exact) mass is 802 g/mol. The quantitative estimate of drug-likeness (QED) is 0.142. The Balaban J connectivity index is 0.000000196. The van der Waals surface area contributed by atoms with Crippen LogP contribution in [0.2, 0.25) is 0 Å². The summed E-state index contributed by atoms with van der Waals surface area (Å²) in [5.41, 5.74) is 12.2. The number of benzene rings is 1. The summed E-state index contributed by atoms with van der Waals surface area (Å²) in [6, 6.07) is 10.9. The molecule has 10 heteroatoms. The Morgan fingerprint density at radius 1 is 0.672 bits per heavy atom. The van der Waals surface area contributed by atoms with Gasteiger partial charge in [-0.15, -0.1) is 0 Å². The molecule has 2 aliphatic heterocycles. The molecule has 10 nitrogen and oxygen atoms in total. The van der Waals surface area contributed by atoms with Crippen LogP contribution in [0.1, 0.15) is 174 Å². The summed E-state index contributed by atoms with van der Waals surface area (Å²) in [7, 11) is 3.56. The average Bonchev–Trinajstić information content (AvgIpc) is 3.58. The van der Waals surface area contributed by atoms with Crippen molar-refractivity contribution in [1.82, 2.24) is 9.80 Å². The maximum atomic E-state index is 13.3. The molecular weight excluding hydrogens is 723 g/mol. The Morgan fingerprint density at radius 3 is 1.67 bits per heavy atom. The molecule has 2 amide bonds. The fourth-order valence-corrected chi connectivity index (χ4v) is 11.5. The number of hydrogen-bond acceptors (Lipinski definition) is 8. The van der Waals surface area contributed by atoms with Crippen molar-refractivity contribution in [3.63, 3.8) is 0 Å². The molecule has 1 aromatic rings. The minimum Gasteiger partial charge on any atom is -0.382 e. The number of carbonyl (C=O) groups is 2. The number of aliphatic imine (C=N–C) groups is 2. The van der Waals surface area contributed by atoms with Gasteiger partial charge in [0, 0.05) is 32.4 Å². The number of unbranched alkanes of at least 4 members (excludes halogenated alkanes) is 1. The number of anilines is 1. The Hall–Kier alpha value is -3.14. The van der Waals surface area contributed by atoms with Gasteiger partial charge in [-0.2, -0.15) is 0 Å². The van der Waals surface area contributed by atoms with E-state index < -0.39 is 11.1 Å². The van der Waals surface area contributed by atoms with Crippen molar-refractivity contribution in [2.75, 3.05) is 26.0 Å². The van der Waals surface area contributed by atoms with Gasteiger partial charge in [0.25, 0.3) is 11.8 Å². The molecular formula is C48H79N7O3. The lowest BCUT2D eigenvalue weighted by Crippen LogP contribution is -2.44. The van der Waals surface area contributed by atoms with Gasteiger partial charge in [0.05, 0.1) is 6.10 Å². The van der Waals surface area contributed by atoms with E-state index in [0.29, 0.717) is 35.9 Å². The SMILES string of the molecule is CCCCO[C@H]1CCC[C@H](C[C@@]2(CCC3CCCCC3)N=C(N)N(C)C2=O)C1.CN1C(=O)[C@@](CCC2CCCCC2)(C[C@H]2CCC[C@@H](Nc3ccccc3)C2)N=C1N. The number of guanidine groups is 2. The van der Waals surface area contributed by atoms with Crippen LogP contribution in [0, 0.1) is 23.7 Å². The fraction of sp³-hybridized carbons (Fsp3) is 0.792. The molecule has 0 spiro atoms. The first-order valence-electron chi connectivity index (χ1n) is 23.8. The number of hydrogen-bond donors (Lipinski definition) is 3. The standard InChI is InChI=1S/C25H38N4O.C23H41N3O2/c1-29-23(30)25(28-24(29)26,16-15-19-9-4-2-5-10-19)18-20-11-8-14-22(17-20)27-21-12-6-3-7-13-21;1-3-4-15-28-20-12-8-11-19(16-20)17-23(21(27)26(2)22(24)25-23)14-13-18-9-6-5-7-10-18/h3,6-7,12-13,19-20,22,27H,2,4-5,8-11,14-18H2,1H3,(H2,26,28);18-20H,3-17H2,1-2H3,(H2,24,25)/t20-,22+,25+;19-,20-,23+/m00/s1. The van der Waals surface area contributed by atoms with E-state index in [-0.39, 0.29) is 11.8 Å². The van der Waals surface area contributed by atoms with Crippen molar-refractivity contribution >= 4 is 29.4 Å². The molecule has 6 atom stereocenters. The van der Waals surface area contributed by atoms with Gasteiger partial charge >= 0.3 is 0 Å². The van der Waals surface area contributed by atoms with E-state index in [1.807, 2.05) is 0 Å². The van der Waals surface area contributed by atoms with Crippen molar-refractivity contribution in [3.8, 4) is 0 Å². The van der Waals surface area contributed by atoms with E-state index >= 15 is 0 Å². The molecule has 0 bridgehead atoms. The van der Waals surface area contributed by atoms with Gasteiger partial charge in [-0.1, -0.05) is 121 Å². The lowest BCUT2D eigenvalue weighted by atomic mass is 9.74. The van der Waals surface area contributed by atoms with Crippen LogP contribution >= 0.6 is 0 Å². The summed E-state index contributed by atoms with van der Waals surface area (Å²) >= 11 is 0. The molecule has 0 unspecified atom stereocenters. The van der Waals surface area contributed by atoms with Crippen molar-refractivity contribution in [2.45, 2.75) is 197 Å². The van der Waals surface area contributed by atoms with Crippen molar-refractivity contribution < 1.29 is 14.3 Å². The smallest absolute Gasteiger partial charge is 0.257 e. The highest BCUT2D eigenvalue weighted by Gasteiger charge is 2.49. The van der Waals surface area contributed by atoms with Gasteiger partial charge in [-0.05, 0) is 106 Å². The first-order valence-corrected chi connectivity index (χ1v) is 23.8. The molecule has 4 fully saturated rings. The Kier molecular flexibility index (Phi) is 16.4. The molecule has 0 radical (unpaired) electrons. The highest BCUT2D eigenvalue weighted by molar-refractivity contribution is 6.07. The summed E-state index contributed by atoms with van der Waals surface area (Å²) in [5.74, 6) is 3.58. The zero-order valence-corrected chi connectivity index (χ0v) is 36.6. The third-order valence-corrected chi connectivity index (χ3v) is 14.9. The van der Waals surface area contributed by atoms with Crippen LogP contribution in [-0.2, 0) is 14.3 Å². The summed E-state index contributed by atoms with van der Waals surface area (Å²) < 4.78 is 6.12. The van der Waals surface area contributed by atoms with E-state index in [0.717, 1.165) is 82.7 Å². The zero-order valence-electron chi connectivity index (χ0n) is 36.6. The number of nitrogens with one attached hydrogen (secondary N) is 1. The van der Waals surface area contributed by atoms with Gasteiger partial charge in [0.2, 0.25) is 0 Å². The number of nitrogens with zero attached hydrogens (tertiary/aromatic N) is 4. The van der Waals surface area contributed by atoms with Crippen LogP contribution in [-0.4, -0.2) is 77.5 Å². The minimum atomic E-state index is -0.629.